The van der Waals surface area contributed by atoms with Crippen LogP contribution in [0.5, 0.6) is 17.2 Å². The molecule has 9 nitrogen and oxygen atoms in total. The Morgan fingerprint density at radius 3 is 1.67 bits per heavy atom. The summed E-state index contributed by atoms with van der Waals surface area (Å²) in [6, 6.07) is 3.36. The molecule has 0 radical (unpaired) electrons. The monoisotopic (exact) mass is 620 g/mol. The molecule has 3 N–H and O–H groups in total. The molecule has 9 heteroatoms. The van der Waals surface area contributed by atoms with Crippen molar-refractivity contribution in [3.05, 3.63) is 17.7 Å². The molecule has 2 amide bonds. The molecule has 0 aliphatic heterocycles. The van der Waals surface area contributed by atoms with Crippen molar-refractivity contribution < 1.29 is 33.7 Å². The number of aliphatic carboxylic acids is 1. The van der Waals surface area contributed by atoms with Crippen molar-refractivity contribution in [2.24, 2.45) is 5.41 Å². The van der Waals surface area contributed by atoms with Gasteiger partial charge in [-0.2, -0.15) is 0 Å². The fourth-order valence-corrected chi connectivity index (χ4v) is 4.63. The van der Waals surface area contributed by atoms with E-state index in [2.05, 4.69) is 28.4 Å². The van der Waals surface area contributed by atoms with Crippen LogP contribution in [0.2, 0.25) is 0 Å². The van der Waals surface area contributed by atoms with Crippen LogP contribution in [0.15, 0.2) is 12.1 Å². The first-order valence-corrected chi connectivity index (χ1v) is 16.0. The van der Waals surface area contributed by atoms with Crippen molar-refractivity contribution in [1.29, 1.82) is 0 Å². The molecule has 1 aliphatic carbocycles. The van der Waals surface area contributed by atoms with Gasteiger partial charge in [0.1, 0.15) is 0 Å². The standard InChI is InChI=1S/C36H48N2O7/c1-4-7-10-16-23-43-30-26-29(27-31(44-24-17-11-8-5-2)33(30)45-25-18-12-9-6-3)34(41)37-21-14-13-15-22-38-35(42)36(19-20-36)28-32(39)40/h1-3,26-27H,7-25,28H2,(H,37,41)(H,38,42)(H,39,40). The van der Waals surface area contributed by atoms with Crippen LogP contribution in [0.1, 0.15) is 107 Å². The number of carboxylic acids is 1. The van der Waals surface area contributed by atoms with Crippen LogP contribution in [0, 0.1) is 42.4 Å². The highest BCUT2D eigenvalue weighted by Crippen LogP contribution is 2.49. The van der Waals surface area contributed by atoms with E-state index in [0.29, 0.717) is 87.8 Å². The second-order valence-electron chi connectivity index (χ2n) is 11.3. The molecule has 0 heterocycles. The lowest BCUT2D eigenvalue weighted by Crippen LogP contribution is -2.34. The second kappa shape index (κ2) is 21.4. The maximum Gasteiger partial charge on any atom is 0.304 e. The minimum atomic E-state index is -0.950. The quantitative estimate of drug-likeness (QED) is 0.0974. The first-order chi connectivity index (χ1) is 21.9. The summed E-state index contributed by atoms with van der Waals surface area (Å²) in [5, 5.41) is 14.8. The summed E-state index contributed by atoms with van der Waals surface area (Å²) in [7, 11) is 0. The van der Waals surface area contributed by atoms with Crippen LogP contribution >= 0.6 is 0 Å². The number of unbranched alkanes of at least 4 members (excludes halogenated alkanes) is 8. The molecule has 0 aromatic heterocycles. The summed E-state index contributed by atoms with van der Waals surface area (Å²) < 4.78 is 18.3. The van der Waals surface area contributed by atoms with Gasteiger partial charge in [-0.25, -0.2) is 0 Å². The molecule has 0 spiro atoms. The van der Waals surface area contributed by atoms with Gasteiger partial charge in [-0.1, -0.05) is 0 Å². The van der Waals surface area contributed by atoms with Crippen LogP contribution in [-0.2, 0) is 9.59 Å². The van der Waals surface area contributed by atoms with Crippen LogP contribution in [0.3, 0.4) is 0 Å². The van der Waals surface area contributed by atoms with Gasteiger partial charge in [0, 0.05) is 37.9 Å². The van der Waals surface area contributed by atoms with Crippen LogP contribution < -0.4 is 24.8 Å². The van der Waals surface area contributed by atoms with Crippen molar-refractivity contribution in [2.75, 3.05) is 32.9 Å². The molecule has 2 rings (SSSR count). The Morgan fingerprint density at radius 2 is 1.20 bits per heavy atom. The third-order valence-electron chi connectivity index (χ3n) is 7.44. The summed E-state index contributed by atoms with van der Waals surface area (Å²) in [4.78, 5) is 36.5. The number of ether oxygens (including phenoxy) is 3. The number of hydrogen-bond donors (Lipinski definition) is 3. The van der Waals surface area contributed by atoms with Gasteiger partial charge in [0.05, 0.1) is 31.7 Å². The van der Waals surface area contributed by atoms with Crippen LogP contribution in [0.4, 0.5) is 0 Å². The highest BCUT2D eigenvalue weighted by Gasteiger charge is 2.51. The van der Waals surface area contributed by atoms with Crippen molar-refractivity contribution in [3.63, 3.8) is 0 Å². The zero-order valence-electron chi connectivity index (χ0n) is 26.4. The molecule has 0 atom stereocenters. The third-order valence-corrected chi connectivity index (χ3v) is 7.44. The predicted octanol–water partition coefficient (Wildman–Crippen LogP) is 5.50. The molecule has 45 heavy (non-hydrogen) atoms. The molecule has 0 saturated heterocycles. The molecule has 1 aromatic carbocycles. The number of rotatable bonds is 25. The SMILES string of the molecule is C#CCCCCOc1cc(C(=O)NCCCCCNC(=O)C2(CC(=O)O)CC2)cc(OCCCCC#C)c1OCCCCC#C. The fraction of sp³-hybridized carbons (Fsp3) is 0.583. The van der Waals surface area contributed by atoms with E-state index in [9.17, 15) is 14.4 Å². The number of benzene rings is 1. The lowest BCUT2D eigenvalue weighted by molar-refractivity contribution is -0.142. The van der Waals surface area contributed by atoms with E-state index in [0.717, 1.165) is 57.8 Å². The molecular formula is C36H48N2O7. The van der Waals surface area contributed by atoms with E-state index >= 15 is 0 Å². The Kier molecular flexibility index (Phi) is 17.6. The van der Waals surface area contributed by atoms with E-state index in [-0.39, 0.29) is 18.2 Å². The van der Waals surface area contributed by atoms with Gasteiger partial charge in [0.15, 0.2) is 11.5 Å². The van der Waals surface area contributed by atoms with Crippen molar-refractivity contribution in [2.45, 2.75) is 96.3 Å². The van der Waals surface area contributed by atoms with Gasteiger partial charge in [-0.3, -0.25) is 14.4 Å². The topological polar surface area (TPSA) is 123 Å². The van der Waals surface area contributed by atoms with Crippen LogP contribution in [0.25, 0.3) is 0 Å². The Bertz CT molecular complexity index is 1170. The maximum atomic E-state index is 13.2. The molecule has 0 bridgehead atoms. The predicted molar refractivity (Wildman–Crippen MR) is 174 cm³/mol. The lowest BCUT2D eigenvalue weighted by atomic mass is 10.0. The number of nitrogens with one attached hydrogen (secondary N) is 2. The van der Waals surface area contributed by atoms with Crippen LogP contribution in [-0.4, -0.2) is 55.8 Å². The Hall–Kier alpha value is -4.29. The molecular weight excluding hydrogens is 572 g/mol. The van der Waals surface area contributed by atoms with Gasteiger partial charge < -0.3 is 30.0 Å². The zero-order chi connectivity index (χ0) is 32.8. The first kappa shape index (κ1) is 36.9. The molecule has 0 unspecified atom stereocenters. The summed E-state index contributed by atoms with van der Waals surface area (Å²) >= 11 is 0. The van der Waals surface area contributed by atoms with Gasteiger partial charge in [-0.15, -0.1) is 37.0 Å². The summed E-state index contributed by atoms with van der Waals surface area (Å²) in [6.07, 6.45) is 26.2. The minimum absolute atomic E-state index is 0.123. The number of amides is 2. The fourth-order valence-electron chi connectivity index (χ4n) is 4.63. The van der Waals surface area contributed by atoms with Gasteiger partial charge in [0.2, 0.25) is 11.7 Å². The Labute approximate surface area is 268 Å². The number of hydrogen-bond acceptors (Lipinski definition) is 6. The first-order valence-electron chi connectivity index (χ1n) is 16.0. The second-order valence-corrected chi connectivity index (χ2v) is 11.3. The highest BCUT2D eigenvalue weighted by atomic mass is 16.5. The number of terminal acetylenes is 3. The maximum absolute atomic E-state index is 13.2. The van der Waals surface area contributed by atoms with E-state index in [4.69, 9.17) is 38.6 Å². The molecule has 1 saturated carbocycles. The molecule has 244 valence electrons. The van der Waals surface area contributed by atoms with E-state index in [1.807, 2.05) is 0 Å². The van der Waals surface area contributed by atoms with Crippen molar-refractivity contribution in [1.82, 2.24) is 10.6 Å². The van der Waals surface area contributed by atoms with Gasteiger partial charge in [-0.05, 0) is 82.8 Å². The van der Waals surface area contributed by atoms with Gasteiger partial charge >= 0.3 is 5.97 Å². The van der Waals surface area contributed by atoms with Crippen molar-refractivity contribution in [3.8, 4) is 54.3 Å². The number of carbonyl (C=O) groups excluding carboxylic acids is 2. The average molecular weight is 621 g/mol. The number of carboxylic acid groups (broad SMARTS) is 1. The molecule has 1 aromatic rings. The van der Waals surface area contributed by atoms with E-state index < -0.39 is 11.4 Å². The largest absolute Gasteiger partial charge is 0.490 e. The Morgan fingerprint density at radius 1 is 0.711 bits per heavy atom. The smallest absolute Gasteiger partial charge is 0.304 e. The zero-order valence-corrected chi connectivity index (χ0v) is 26.4. The average Bonchev–Trinajstić information content (AvgIpc) is 3.80. The molecule has 1 aliphatic rings. The third kappa shape index (κ3) is 14.4. The highest BCUT2D eigenvalue weighted by molar-refractivity contribution is 5.95. The summed E-state index contributed by atoms with van der Waals surface area (Å²) in [5.74, 6) is 7.84. The van der Waals surface area contributed by atoms with Crippen molar-refractivity contribution >= 4 is 17.8 Å². The minimum Gasteiger partial charge on any atom is -0.490 e. The van der Waals surface area contributed by atoms with E-state index in [1.165, 1.54) is 0 Å². The summed E-state index contributed by atoms with van der Waals surface area (Å²) in [6.45, 7) is 2.18. The normalized spacial score (nSPS) is 12.6. The Balaban J connectivity index is 1.99. The van der Waals surface area contributed by atoms with Gasteiger partial charge in [0.25, 0.3) is 5.91 Å². The molecule has 1 fully saturated rings. The summed E-state index contributed by atoms with van der Waals surface area (Å²) in [5.41, 5.74) is -0.330. The number of carbonyl (C=O) groups is 3. The lowest BCUT2D eigenvalue weighted by Gasteiger charge is -2.19. The van der Waals surface area contributed by atoms with E-state index in [1.54, 1.807) is 12.1 Å².